The zero-order valence-corrected chi connectivity index (χ0v) is 19.2. The van der Waals surface area contributed by atoms with E-state index in [1.165, 1.54) is 12.1 Å². The van der Waals surface area contributed by atoms with E-state index in [9.17, 15) is 14.5 Å². The van der Waals surface area contributed by atoms with E-state index >= 15 is 0 Å². The van der Waals surface area contributed by atoms with Gasteiger partial charge in [-0.1, -0.05) is 0 Å². The standard InChI is InChI=1S/C20H25N2O6PS2/c21-20(24)11-22-14(12-30-18-7-3-16(23)4-8-18)1-2-15(22)13-31-19-9-5-17(6-10-19)28-29(25,26)27/h3-10,14-15,23H,1-2,11-13H2,(H2,21,24)(H2,25,26,27)/t14-,15+/m1/s1. The molecule has 3 rings (SSSR count). The van der Waals surface area contributed by atoms with E-state index in [0.717, 1.165) is 34.1 Å². The van der Waals surface area contributed by atoms with Gasteiger partial charge in [-0.3, -0.25) is 19.5 Å². The maximum absolute atomic E-state index is 11.6. The van der Waals surface area contributed by atoms with Crippen LogP contribution in [-0.2, 0) is 9.36 Å². The number of phenols is 1. The number of carbonyl (C=O) groups is 1. The summed E-state index contributed by atoms with van der Waals surface area (Å²) >= 11 is 3.31. The molecule has 0 spiro atoms. The Kier molecular flexibility index (Phi) is 8.32. The Labute approximate surface area is 189 Å². The Hall–Kier alpha value is -1.68. The van der Waals surface area contributed by atoms with Crippen LogP contribution in [0.1, 0.15) is 12.8 Å². The summed E-state index contributed by atoms with van der Waals surface area (Å²) in [6.07, 6.45) is 1.93. The second-order valence-electron chi connectivity index (χ2n) is 7.19. The fraction of sp³-hybridized carbons (Fsp3) is 0.350. The minimum Gasteiger partial charge on any atom is -0.508 e. The monoisotopic (exact) mass is 484 g/mol. The van der Waals surface area contributed by atoms with Crippen LogP contribution in [0.15, 0.2) is 58.3 Å². The van der Waals surface area contributed by atoms with Crippen molar-refractivity contribution in [2.24, 2.45) is 5.73 Å². The fourth-order valence-electron chi connectivity index (χ4n) is 3.47. The van der Waals surface area contributed by atoms with Gasteiger partial charge in [0.2, 0.25) is 5.91 Å². The second kappa shape index (κ2) is 10.8. The van der Waals surface area contributed by atoms with Gasteiger partial charge >= 0.3 is 7.82 Å². The van der Waals surface area contributed by atoms with Crippen LogP contribution in [0.4, 0.5) is 0 Å². The van der Waals surface area contributed by atoms with Crippen molar-refractivity contribution in [3.63, 3.8) is 0 Å². The molecule has 0 radical (unpaired) electrons. The number of rotatable bonds is 10. The number of thioether (sulfide) groups is 2. The van der Waals surface area contributed by atoms with Gasteiger partial charge in [0.1, 0.15) is 11.5 Å². The van der Waals surface area contributed by atoms with E-state index in [-0.39, 0.29) is 36.0 Å². The summed E-state index contributed by atoms with van der Waals surface area (Å²) < 4.78 is 15.5. The van der Waals surface area contributed by atoms with Crippen molar-refractivity contribution >= 4 is 37.3 Å². The lowest BCUT2D eigenvalue weighted by atomic mass is 10.2. The van der Waals surface area contributed by atoms with Gasteiger partial charge < -0.3 is 15.4 Å². The van der Waals surface area contributed by atoms with Crippen LogP contribution in [-0.4, -0.2) is 55.8 Å². The molecule has 2 aromatic carbocycles. The second-order valence-corrected chi connectivity index (χ2v) is 10.5. The van der Waals surface area contributed by atoms with Crippen molar-refractivity contribution in [3.05, 3.63) is 48.5 Å². The number of nitrogens with zero attached hydrogens (tertiary/aromatic N) is 1. The Morgan fingerprint density at radius 3 is 1.94 bits per heavy atom. The molecule has 0 bridgehead atoms. The van der Waals surface area contributed by atoms with E-state index in [1.54, 1.807) is 47.8 Å². The third-order valence-corrected chi connectivity index (χ3v) is 7.64. The number of hydrogen-bond donors (Lipinski definition) is 4. The normalized spacial score (nSPS) is 19.4. The van der Waals surface area contributed by atoms with Crippen LogP contribution >= 0.6 is 31.3 Å². The van der Waals surface area contributed by atoms with Crippen molar-refractivity contribution in [2.45, 2.75) is 34.7 Å². The van der Waals surface area contributed by atoms with E-state index < -0.39 is 7.82 Å². The molecule has 11 heteroatoms. The van der Waals surface area contributed by atoms with Gasteiger partial charge in [0, 0.05) is 33.4 Å². The number of likely N-dealkylation sites (tertiary alicyclic amines) is 1. The first-order valence-electron chi connectivity index (χ1n) is 9.63. The molecule has 0 saturated carbocycles. The summed E-state index contributed by atoms with van der Waals surface area (Å²) in [6, 6.07) is 14.1. The molecule has 1 saturated heterocycles. The Morgan fingerprint density at radius 1 is 1.00 bits per heavy atom. The molecule has 168 valence electrons. The number of primary amides is 1. The number of carbonyl (C=O) groups excluding carboxylic acids is 1. The number of amides is 1. The lowest BCUT2D eigenvalue weighted by Gasteiger charge is -2.28. The maximum atomic E-state index is 11.6. The fourth-order valence-corrected chi connectivity index (χ4v) is 6.01. The zero-order chi connectivity index (χ0) is 22.4. The highest BCUT2D eigenvalue weighted by atomic mass is 32.2. The van der Waals surface area contributed by atoms with Crippen molar-refractivity contribution in [1.29, 1.82) is 0 Å². The van der Waals surface area contributed by atoms with E-state index in [0.29, 0.717) is 0 Å². The van der Waals surface area contributed by atoms with E-state index in [1.807, 2.05) is 12.1 Å². The number of nitrogens with two attached hydrogens (primary N) is 1. The zero-order valence-electron chi connectivity index (χ0n) is 16.7. The Balaban J connectivity index is 1.56. The molecule has 1 fully saturated rings. The molecule has 0 aromatic heterocycles. The number of hydrogen-bond acceptors (Lipinski definition) is 7. The van der Waals surface area contributed by atoms with Crippen LogP contribution in [0.25, 0.3) is 0 Å². The summed E-state index contributed by atoms with van der Waals surface area (Å²) in [6.45, 7) is 0.209. The molecular formula is C20H25N2O6PS2. The predicted octanol–water partition coefficient (Wildman–Crippen LogP) is 3.07. The maximum Gasteiger partial charge on any atom is 0.524 e. The van der Waals surface area contributed by atoms with Crippen LogP contribution in [0, 0.1) is 0 Å². The quantitative estimate of drug-likeness (QED) is 0.297. The highest BCUT2D eigenvalue weighted by molar-refractivity contribution is 7.99. The van der Waals surface area contributed by atoms with Crippen LogP contribution in [0.2, 0.25) is 0 Å². The predicted molar refractivity (Wildman–Crippen MR) is 121 cm³/mol. The number of phosphoric acid groups is 1. The molecule has 1 heterocycles. The lowest BCUT2D eigenvalue weighted by Crippen LogP contribution is -2.44. The molecule has 2 atom stereocenters. The van der Waals surface area contributed by atoms with Gasteiger partial charge in [-0.25, -0.2) is 4.57 Å². The van der Waals surface area contributed by atoms with Gasteiger partial charge in [0.15, 0.2) is 0 Å². The molecule has 0 aliphatic carbocycles. The lowest BCUT2D eigenvalue weighted by molar-refractivity contribution is -0.119. The topological polar surface area (TPSA) is 133 Å². The first-order valence-corrected chi connectivity index (χ1v) is 13.1. The van der Waals surface area contributed by atoms with Crippen LogP contribution in [0.3, 0.4) is 0 Å². The van der Waals surface area contributed by atoms with E-state index in [4.69, 9.17) is 15.5 Å². The third-order valence-electron chi connectivity index (χ3n) is 4.88. The summed E-state index contributed by atoms with van der Waals surface area (Å²) in [4.78, 5) is 33.6. The summed E-state index contributed by atoms with van der Waals surface area (Å²) in [5, 5.41) is 9.42. The molecule has 1 aliphatic heterocycles. The molecule has 1 aliphatic rings. The van der Waals surface area contributed by atoms with Crippen LogP contribution in [0.5, 0.6) is 11.5 Å². The van der Waals surface area contributed by atoms with Gasteiger partial charge in [0.25, 0.3) is 0 Å². The summed E-state index contributed by atoms with van der Waals surface area (Å²) in [5.74, 6) is 1.59. The molecule has 5 N–H and O–H groups in total. The number of phosphoric ester groups is 1. The highest BCUT2D eigenvalue weighted by Crippen LogP contribution is 2.38. The Bertz CT molecular complexity index is 922. The van der Waals surface area contributed by atoms with Gasteiger partial charge in [-0.05, 0) is 61.4 Å². The average molecular weight is 485 g/mol. The summed E-state index contributed by atoms with van der Waals surface area (Å²) in [5.41, 5.74) is 5.50. The first-order chi connectivity index (χ1) is 14.7. The SMILES string of the molecule is NC(=O)CN1[C@@H](CSc2ccc(O)cc2)CC[C@H]1CSc1ccc(OP(=O)(O)O)cc1. The molecule has 1 amide bonds. The van der Waals surface area contributed by atoms with Gasteiger partial charge in [0.05, 0.1) is 6.54 Å². The van der Waals surface area contributed by atoms with Crippen molar-refractivity contribution in [3.8, 4) is 11.5 Å². The number of benzene rings is 2. The largest absolute Gasteiger partial charge is 0.524 e. The first kappa shape index (κ1) is 24.0. The number of phenolic OH excluding ortho intramolecular Hbond substituents is 1. The van der Waals surface area contributed by atoms with Crippen molar-refractivity contribution in [2.75, 3.05) is 18.1 Å². The molecule has 8 nitrogen and oxygen atoms in total. The van der Waals surface area contributed by atoms with Crippen molar-refractivity contribution in [1.82, 2.24) is 4.90 Å². The molecule has 31 heavy (non-hydrogen) atoms. The number of aromatic hydroxyl groups is 1. The van der Waals surface area contributed by atoms with Gasteiger partial charge in [-0.2, -0.15) is 0 Å². The molecule has 0 unspecified atom stereocenters. The molecule has 2 aromatic rings. The van der Waals surface area contributed by atoms with Gasteiger partial charge in [-0.15, -0.1) is 23.5 Å². The van der Waals surface area contributed by atoms with E-state index in [2.05, 4.69) is 9.42 Å². The molecular weight excluding hydrogens is 459 g/mol. The highest BCUT2D eigenvalue weighted by Gasteiger charge is 2.34. The van der Waals surface area contributed by atoms with Crippen LogP contribution < -0.4 is 10.3 Å². The minimum absolute atomic E-state index is 0.111. The summed E-state index contributed by atoms with van der Waals surface area (Å²) in [7, 11) is -4.57. The minimum atomic E-state index is -4.57. The third kappa shape index (κ3) is 7.75. The Morgan fingerprint density at radius 2 is 1.48 bits per heavy atom. The van der Waals surface area contributed by atoms with Crippen molar-refractivity contribution < 1.29 is 28.8 Å². The smallest absolute Gasteiger partial charge is 0.508 e. The average Bonchev–Trinajstić information content (AvgIpc) is 3.07.